The van der Waals surface area contributed by atoms with E-state index < -0.39 is 5.97 Å². The molecule has 2 rings (SSSR count). The Balaban J connectivity index is 2.18. The van der Waals surface area contributed by atoms with Gasteiger partial charge in [-0.3, -0.25) is 4.79 Å². The molecule has 1 aromatic heterocycles. The van der Waals surface area contributed by atoms with Gasteiger partial charge in [-0.2, -0.15) is 5.11 Å². The van der Waals surface area contributed by atoms with E-state index in [2.05, 4.69) is 15.8 Å². The molecule has 0 aliphatic carbocycles. The van der Waals surface area contributed by atoms with Crippen LogP contribution in [0.25, 0.3) is 0 Å². The van der Waals surface area contributed by atoms with Crippen LogP contribution in [-0.2, 0) is 16.0 Å². The van der Waals surface area contributed by atoms with Crippen LogP contribution >= 0.6 is 22.9 Å². The Morgan fingerprint density at radius 3 is 2.68 bits per heavy atom. The van der Waals surface area contributed by atoms with Crippen LogP contribution in [0.3, 0.4) is 0 Å². The van der Waals surface area contributed by atoms with E-state index in [1.165, 1.54) is 11.3 Å². The largest absolute Gasteiger partial charge is 0.465 e. The van der Waals surface area contributed by atoms with Crippen LogP contribution in [0.4, 0.5) is 5.00 Å². The van der Waals surface area contributed by atoms with E-state index in [-0.39, 0.29) is 12.3 Å². The number of halogens is 1. The summed E-state index contributed by atoms with van der Waals surface area (Å²) in [6.45, 7) is 3.84. The number of nitrogens with zero attached hydrogens (tertiary/aromatic N) is 2. The van der Waals surface area contributed by atoms with E-state index in [1.807, 2.05) is 13.0 Å². The first-order valence-electron chi connectivity index (χ1n) is 7.76. The van der Waals surface area contributed by atoms with Gasteiger partial charge in [-0.1, -0.05) is 35.9 Å². The van der Waals surface area contributed by atoms with E-state index in [0.29, 0.717) is 27.8 Å². The molecule has 0 radical (unpaired) electrons. The third kappa shape index (κ3) is 5.11. The minimum Gasteiger partial charge on any atom is -0.465 e. The quantitative estimate of drug-likeness (QED) is 0.316. The Morgan fingerprint density at radius 2 is 2.00 bits per heavy atom. The lowest BCUT2D eigenvalue weighted by Crippen LogP contribution is -2.07. The van der Waals surface area contributed by atoms with Gasteiger partial charge in [-0.15, -0.1) is 11.3 Å². The molecular formula is C17H18ClN3O3S. The van der Waals surface area contributed by atoms with Crippen molar-refractivity contribution in [2.75, 3.05) is 18.6 Å². The zero-order valence-electron chi connectivity index (χ0n) is 13.9. The molecule has 25 heavy (non-hydrogen) atoms. The number of nitrogens with one attached hydrogen (secondary N) is 1. The van der Waals surface area contributed by atoms with Crippen LogP contribution in [0.15, 0.2) is 40.7 Å². The fourth-order valence-corrected chi connectivity index (χ4v) is 3.19. The van der Waals surface area contributed by atoms with Crippen molar-refractivity contribution in [3.8, 4) is 0 Å². The number of anilines is 1. The molecule has 1 heterocycles. The topological polar surface area (TPSA) is 80.1 Å². The highest BCUT2D eigenvalue weighted by Gasteiger charge is 2.19. The summed E-state index contributed by atoms with van der Waals surface area (Å²) < 4.78 is 4.76. The van der Waals surface area contributed by atoms with Gasteiger partial charge >= 0.3 is 5.97 Å². The van der Waals surface area contributed by atoms with Crippen molar-refractivity contribution in [1.82, 2.24) is 0 Å². The molecule has 0 amide bonds. The maximum atomic E-state index is 12.8. The Kier molecular flexibility index (Phi) is 7.09. The summed E-state index contributed by atoms with van der Waals surface area (Å²) in [4.78, 5) is 25.0. The lowest BCUT2D eigenvalue weighted by Gasteiger charge is -2.04. The number of rotatable bonds is 8. The molecule has 132 valence electrons. The highest BCUT2D eigenvalue weighted by Crippen LogP contribution is 2.32. The molecule has 0 unspecified atom stereocenters. The predicted octanol–water partition coefficient (Wildman–Crippen LogP) is 4.54. The molecule has 0 aliphatic rings. The first-order chi connectivity index (χ1) is 12.1. The molecule has 0 bridgehead atoms. The molecule has 0 fully saturated rings. The normalized spacial score (nSPS) is 10.8. The Hall–Kier alpha value is -2.25. The third-order valence-corrected chi connectivity index (χ3v) is 4.74. The van der Waals surface area contributed by atoms with Crippen LogP contribution in [0, 0.1) is 0 Å². The first-order valence-corrected chi connectivity index (χ1v) is 8.96. The van der Waals surface area contributed by atoms with Gasteiger partial charge in [-0.05, 0) is 31.5 Å². The summed E-state index contributed by atoms with van der Waals surface area (Å²) in [5.74, 6) is -0.648. The summed E-state index contributed by atoms with van der Waals surface area (Å²) >= 11 is 7.53. The molecule has 2 aromatic rings. The van der Waals surface area contributed by atoms with Crippen molar-refractivity contribution in [3.63, 3.8) is 0 Å². The average molecular weight is 380 g/mol. The molecule has 0 saturated heterocycles. The van der Waals surface area contributed by atoms with Gasteiger partial charge in [0.1, 0.15) is 5.00 Å². The van der Waals surface area contributed by atoms with Crippen LogP contribution in [-0.4, -0.2) is 24.9 Å². The number of hydrogen-bond acceptors (Lipinski definition) is 6. The molecule has 6 nitrogen and oxygen atoms in total. The standard InChI is InChI=1S/C17H18ClN3O3S/c1-3-11-9-13(16(23)12-7-5-6-8-14(12)18)17(25-11)20-21-19-10-15(22)24-4-2/h5-9H,3-4,10H2,1-2H3,(H,19,20). The van der Waals surface area contributed by atoms with Gasteiger partial charge in [0, 0.05) is 10.4 Å². The van der Waals surface area contributed by atoms with E-state index in [4.69, 9.17) is 16.3 Å². The average Bonchev–Trinajstić information content (AvgIpc) is 3.02. The van der Waals surface area contributed by atoms with Crippen molar-refractivity contribution in [1.29, 1.82) is 0 Å². The molecule has 0 spiro atoms. The van der Waals surface area contributed by atoms with Crippen molar-refractivity contribution < 1.29 is 14.3 Å². The summed E-state index contributed by atoms with van der Waals surface area (Å²) in [5.41, 5.74) is 3.64. The minimum absolute atomic E-state index is 0.180. The fourth-order valence-electron chi connectivity index (χ4n) is 2.04. The summed E-state index contributed by atoms with van der Waals surface area (Å²) in [5, 5.41) is 8.45. The monoisotopic (exact) mass is 379 g/mol. The number of hydrogen-bond donors (Lipinski definition) is 1. The Morgan fingerprint density at radius 1 is 1.24 bits per heavy atom. The lowest BCUT2D eigenvalue weighted by molar-refractivity contribution is -0.141. The number of ketones is 1. The Bertz CT molecular complexity index is 789. The van der Waals surface area contributed by atoms with Gasteiger partial charge < -0.3 is 4.74 Å². The SMILES string of the molecule is CCOC(=O)CN=NNc1sc(CC)cc1C(=O)c1ccccc1Cl. The number of aryl methyl sites for hydroxylation is 1. The molecule has 0 atom stereocenters. The Labute approximate surface area is 154 Å². The van der Waals surface area contributed by atoms with Crippen LogP contribution in [0.1, 0.15) is 34.6 Å². The molecule has 1 aromatic carbocycles. The van der Waals surface area contributed by atoms with Crippen molar-refractivity contribution >= 4 is 39.7 Å². The van der Waals surface area contributed by atoms with Gasteiger partial charge in [0.2, 0.25) is 0 Å². The van der Waals surface area contributed by atoms with E-state index >= 15 is 0 Å². The lowest BCUT2D eigenvalue weighted by atomic mass is 10.0. The van der Waals surface area contributed by atoms with Gasteiger partial charge in [0.15, 0.2) is 12.3 Å². The van der Waals surface area contributed by atoms with Crippen molar-refractivity contribution in [2.24, 2.45) is 10.3 Å². The zero-order valence-corrected chi connectivity index (χ0v) is 15.5. The van der Waals surface area contributed by atoms with Gasteiger partial charge in [-0.25, -0.2) is 10.2 Å². The van der Waals surface area contributed by atoms with Crippen LogP contribution in [0.2, 0.25) is 5.02 Å². The molecular weight excluding hydrogens is 362 g/mol. The number of thiophene rings is 1. The maximum Gasteiger partial charge on any atom is 0.329 e. The first kappa shape index (κ1) is 19.1. The number of carbonyl (C=O) groups excluding carboxylic acids is 2. The molecule has 1 N–H and O–H groups in total. The molecule has 0 aliphatic heterocycles. The zero-order chi connectivity index (χ0) is 18.2. The van der Waals surface area contributed by atoms with E-state index in [0.717, 1.165) is 11.3 Å². The summed E-state index contributed by atoms with van der Waals surface area (Å²) in [6, 6.07) is 8.71. The second kappa shape index (κ2) is 9.29. The second-order valence-electron chi connectivity index (χ2n) is 4.93. The fraction of sp³-hybridized carbons (Fsp3) is 0.294. The summed E-state index contributed by atoms with van der Waals surface area (Å²) in [7, 11) is 0. The number of benzene rings is 1. The van der Waals surface area contributed by atoms with E-state index in [1.54, 1.807) is 31.2 Å². The highest BCUT2D eigenvalue weighted by molar-refractivity contribution is 7.16. The van der Waals surface area contributed by atoms with Crippen LogP contribution < -0.4 is 5.43 Å². The van der Waals surface area contributed by atoms with Crippen LogP contribution in [0.5, 0.6) is 0 Å². The number of esters is 1. The van der Waals surface area contributed by atoms with Gasteiger partial charge in [0.25, 0.3) is 0 Å². The van der Waals surface area contributed by atoms with Crippen molar-refractivity contribution in [2.45, 2.75) is 20.3 Å². The van der Waals surface area contributed by atoms with Gasteiger partial charge in [0.05, 0.1) is 17.2 Å². The third-order valence-electron chi connectivity index (χ3n) is 3.22. The van der Waals surface area contributed by atoms with Crippen molar-refractivity contribution in [3.05, 3.63) is 51.4 Å². The second-order valence-corrected chi connectivity index (χ2v) is 6.48. The maximum absolute atomic E-state index is 12.8. The molecule has 8 heteroatoms. The highest BCUT2D eigenvalue weighted by atomic mass is 35.5. The smallest absolute Gasteiger partial charge is 0.329 e. The van der Waals surface area contributed by atoms with E-state index in [9.17, 15) is 9.59 Å². The summed E-state index contributed by atoms with van der Waals surface area (Å²) in [6.07, 6.45) is 0.787. The predicted molar refractivity (Wildman–Crippen MR) is 98.6 cm³/mol. The number of carbonyl (C=O) groups is 2. The molecule has 0 saturated carbocycles. The minimum atomic E-state index is -0.458. The number of ether oxygens (including phenoxy) is 1.